The van der Waals surface area contributed by atoms with E-state index in [-0.39, 0.29) is 6.42 Å². The first-order valence-corrected chi connectivity index (χ1v) is 7.22. The SMILES string of the molecule is O=C(O)CCCc1c(Br)cccc1N1CCCC1. The first-order chi connectivity index (χ1) is 8.68. The number of hydrogen-bond donors (Lipinski definition) is 1. The van der Waals surface area contributed by atoms with Gasteiger partial charge in [0.25, 0.3) is 0 Å². The maximum Gasteiger partial charge on any atom is 0.303 e. The van der Waals surface area contributed by atoms with Crippen LogP contribution in [0.4, 0.5) is 5.69 Å². The van der Waals surface area contributed by atoms with Gasteiger partial charge in [0.05, 0.1) is 0 Å². The van der Waals surface area contributed by atoms with E-state index in [1.54, 1.807) is 0 Å². The fourth-order valence-electron chi connectivity index (χ4n) is 2.47. The van der Waals surface area contributed by atoms with E-state index in [0.29, 0.717) is 6.42 Å². The second kappa shape index (κ2) is 6.23. The van der Waals surface area contributed by atoms with Crippen LogP contribution in [0.2, 0.25) is 0 Å². The highest BCUT2D eigenvalue weighted by molar-refractivity contribution is 9.10. The molecule has 0 radical (unpaired) electrons. The van der Waals surface area contributed by atoms with E-state index >= 15 is 0 Å². The summed E-state index contributed by atoms with van der Waals surface area (Å²) in [4.78, 5) is 13.0. The molecule has 1 aliphatic rings. The minimum Gasteiger partial charge on any atom is -0.481 e. The maximum absolute atomic E-state index is 10.6. The van der Waals surface area contributed by atoms with E-state index < -0.39 is 5.97 Å². The van der Waals surface area contributed by atoms with Crippen LogP contribution in [0.5, 0.6) is 0 Å². The van der Waals surface area contributed by atoms with Crippen LogP contribution in [0.15, 0.2) is 22.7 Å². The first-order valence-electron chi connectivity index (χ1n) is 6.42. The first kappa shape index (κ1) is 13.4. The zero-order chi connectivity index (χ0) is 13.0. The van der Waals surface area contributed by atoms with Crippen molar-refractivity contribution in [3.8, 4) is 0 Å². The van der Waals surface area contributed by atoms with E-state index in [1.807, 2.05) is 6.07 Å². The summed E-state index contributed by atoms with van der Waals surface area (Å²) in [5.74, 6) is -0.718. The number of anilines is 1. The van der Waals surface area contributed by atoms with Gasteiger partial charge in [0.2, 0.25) is 0 Å². The van der Waals surface area contributed by atoms with Crippen molar-refractivity contribution in [3.05, 3.63) is 28.2 Å². The standard InChI is InChI=1S/C14H18BrNO2/c15-12-6-4-7-13(16-9-1-2-10-16)11(12)5-3-8-14(17)18/h4,6-7H,1-3,5,8-10H2,(H,17,18). The quantitative estimate of drug-likeness (QED) is 0.905. The van der Waals surface area contributed by atoms with E-state index in [2.05, 4.69) is 33.0 Å². The predicted molar refractivity (Wildman–Crippen MR) is 76.2 cm³/mol. The summed E-state index contributed by atoms with van der Waals surface area (Å²) < 4.78 is 1.09. The molecular weight excluding hydrogens is 294 g/mol. The monoisotopic (exact) mass is 311 g/mol. The maximum atomic E-state index is 10.6. The third-order valence-corrected chi connectivity index (χ3v) is 4.10. The highest BCUT2D eigenvalue weighted by atomic mass is 79.9. The molecule has 0 unspecified atom stereocenters. The lowest BCUT2D eigenvalue weighted by molar-refractivity contribution is -0.137. The van der Waals surface area contributed by atoms with Gasteiger partial charge in [-0.15, -0.1) is 0 Å². The van der Waals surface area contributed by atoms with Crippen molar-refractivity contribution in [1.82, 2.24) is 0 Å². The van der Waals surface area contributed by atoms with E-state index in [0.717, 1.165) is 24.0 Å². The van der Waals surface area contributed by atoms with Crippen molar-refractivity contribution in [2.24, 2.45) is 0 Å². The molecular formula is C14H18BrNO2. The molecule has 1 heterocycles. The molecule has 2 rings (SSSR count). The van der Waals surface area contributed by atoms with Gasteiger partial charge < -0.3 is 10.0 Å². The number of carboxylic acid groups (broad SMARTS) is 1. The molecule has 1 aliphatic heterocycles. The van der Waals surface area contributed by atoms with Crippen molar-refractivity contribution in [2.45, 2.75) is 32.1 Å². The Balaban J connectivity index is 2.13. The summed E-state index contributed by atoms with van der Waals surface area (Å²) >= 11 is 3.59. The van der Waals surface area contributed by atoms with Gasteiger partial charge in [0.1, 0.15) is 0 Å². The number of halogens is 1. The van der Waals surface area contributed by atoms with E-state index in [4.69, 9.17) is 5.11 Å². The largest absolute Gasteiger partial charge is 0.481 e. The average Bonchev–Trinajstić information content (AvgIpc) is 2.84. The zero-order valence-electron chi connectivity index (χ0n) is 10.4. The Morgan fingerprint density at radius 3 is 2.72 bits per heavy atom. The van der Waals surface area contributed by atoms with Crippen LogP contribution < -0.4 is 4.90 Å². The lowest BCUT2D eigenvalue weighted by Gasteiger charge is -2.22. The molecule has 0 aliphatic carbocycles. The van der Waals surface area contributed by atoms with E-state index in [1.165, 1.54) is 24.1 Å². The van der Waals surface area contributed by atoms with Crippen molar-refractivity contribution >= 4 is 27.6 Å². The van der Waals surface area contributed by atoms with Gasteiger partial charge in [0.15, 0.2) is 0 Å². The molecule has 1 aromatic rings. The van der Waals surface area contributed by atoms with Crippen molar-refractivity contribution in [1.29, 1.82) is 0 Å². The Bertz CT molecular complexity index is 428. The number of carbonyl (C=O) groups is 1. The minimum atomic E-state index is -0.718. The summed E-state index contributed by atoms with van der Waals surface area (Å²) in [5, 5.41) is 8.72. The predicted octanol–water partition coefficient (Wildman–Crippen LogP) is 3.46. The van der Waals surface area contributed by atoms with Crippen molar-refractivity contribution < 1.29 is 9.90 Å². The van der Waals surface area contributed by atoms with Crippen molar-refractivity contribution in [3.63, 3.8) is 0 Å². The molecule has 0 saturated carbocycles. The summed E-state index contributed by atoms with van der Waals surface area (Å²) in [6.45, 7) is 2.23. The molecule has 3 nitrogen and oxygen atoms in total. The average molecular weight is 312 g/mol. The summed E-state index contributed by atoms with van der Waals surface area (Å²) in [6.07, 6.45) is 4.25. The van der Waals surface area contributed by atoms with Gasteiger partial charge in [-0.2, -0.15) is 0 Å². The lowest BCUT2D eigenvalue weighted by Crippen LogP contribution is -2.19. The summed E-state index contributed by atoms with van der Waals surface area (Å²) in [6, 6.07) is 6.24. The molecule has 0 spiro atoms. The van der Waals surface area contributed by atoms with Gasteiger partial charge in [-0.3, -0.25) is 4.79 Å². The Morgan fingerprint density at radius 2 is 2.06 bits per heavy atom. The third kappa shape index (κ3) is 3.25. The molecule has 1 N–H and O–H groups in total. The second-order valence-corrected chi connectivity index (χ2v) is 5.53. The normalized spacial score (nSPS) is 15.1. The Morgan fingerprint density at radius 1 is 1.33 bits per heavy atom. The Hall–Kier alpha value is -1.03. The van der Waals surface area contributed by atoms with Gasteiger partial charge in [-0.1, -0.05) is 22.0 Å². The fourth-order valence-corrected chi connectivity index (χ4v) is 3.02. The number of rotatable bonds is 5. The number of aliphatic carboxylic acids is 1. The number of hydrogen-bond acceptors (Lipinski definition) is 2. The van der Waals surface area contributed by atoms with Crippen LogP contribution in [0.1, 0.15) is 31.2 Å². The smallest absolute Gasteiger partial charge is 0.303 e. The van der Waals surface area contributed by atoms with Crippen molar-refractivity contribution in [2.75, 3.05) is 18.0 Å². The molecule has 1 aromatic carbocycles. The Labute approximate surface area is 116 Å². The van der Waals surface area contributed by atoms with Crippen LogP contribution in [-0.4, -0.2) is 24.2 Å². The molecule has 0 atom stereocenters. The number of nitrogens with zero attached hydrogens (tertiary/aromatic N) is 1. The van der Waals surface area contributed by atoms with E-state index in [9.17, 15) is 4.79 Å². The van der Waals surface area contributed by atoms with Crippen LogP contribution >= 0.6 is 15.9 Å². The van der Waals surface area contributed by atoms with Gasteiger partial charge in [-0.05, 0) is 43.4 Å². The van der Waals surface area contributed by atoms with Crippen LogP contribution in [0.25, 0.3) is 0 Å². The highest BCUT2D eigenvalue weighted by Crippen LogP contribution is 2.31. The van der Waals surface area contributed by atoms with Gasteiger partial charge in [0, 0.05) is 29.7 Å². The van der Waals surface area contributed by atoms with Crippen LogP contribution in [0, 0.1) is 0 Å². The Kier molecular flexibility index (Phi) is 4.64. The molecule has 98 valence electrons. The minimum absolute atomic E-state index is 0.237. The molecule has 1 saturated heterocycles. The van der Waals surface area contributed by atoms with Gasteiger partial charge >= 0.3 is 5.97 Å². The fraction of sp³-hybridized carbons (Fsp3) is 0.500. The van der Waals surface area contributed by atoms with Gasteiger partial charge in [-0.25, -0.2) is 0 Å². The van der Waals surface area contributed by atoms with Crippen LogP contribution in [0.3, 0.4) is 0 Å². The molecule has 0 amide bonds. The van der Waals surface area contributed by atoms with Crippen LogP contribution in [-0.2, 0) is 11.2 Å². The second-order valence-electron chi connectivity index (χ2n) is 4.68. The molecule has 18 heavy (non-hydrogen) atoms. The number of carboxylic acids is 1. The highest BCUT2D eigenvalue weighted by Gasteiger charge is 2.17. The molecule has 1 fully saturated rings. The number of benzene rings is 1. The summed E-state index contributed by atoms with van der Waals surface area (Å²) in [5.41, 5.74) is 2.52. The lowest BCUT2D eigenvalue weighted by atomic mass is 10.1. The molecule has 4 heteroatoms. The molecule has 0 bridgehead atoms. The topological polar surface area (TPSA) is 40.5 Å². The molecule has 0 aromatic heterocycles. The third-order valence-electron chi connectivity index (χ3n) is 3.36. The zero-order valence-corrected chi connectivity index (χ0v) is 11.9. The summed E-state index contributed by atoms with van der Waals surface area (Å²) in [7, 11) is 0.